The van der Waals surface area contributed by atoms with Crippen LogP contribution >= 0.6 is 0 Å². The summed E-state index contributed by atoms with van der Waals surface area (Å²) in [5, 5.41) is 3.45. The Bertz CT molecular complexity index is 793. The zero-order chi connectivity index (χ0) is 24.1. The summed E-state index contributed by atoms with van der Waals surface area (Å²) < 4.78 is 10.8. The number of benzene rings is 2. The van der Waals surface area contributed by atoms with E-state index >= 15 is 0 Å². The van der Waals surface area contributed by atoms with Gasteiger partial charge in [-0.3, -0.25) is 0 Å². The molecule has 180 valence electrons. The highest BCUT2D eigenvalue weighted by molar-refractivity contribution is 5.90. The highest BCUT2D eigenvalue weighted by atomic mass is 16.5. The number of hydrogen-bond acceptors (Lipinski definition) is 5. The van der Waals surface area contributed by atoms with Gasteiger partial charge in [0.25, 0.3) is 0 Å². The maximum Gasteiger partial charge on any atom is 0.338 e. The molecule has 2 aromatic carbocycles. The van der Waals surface area contributed by atoms with Gasteiger partial charge in [0.1, 0.15) is 0 Å². The maximum atomic E-state index is 12.1. The van der Waals surface area contributed by atoms with Crippen LogP contribution in [0, 0.1) is 27.7 Å². The molecule has 0 amide bonds. The minimum atomic E-state index is -0.236. The van der Waals surface area contributed by atoms with E-state index in [9.17, 15) is 9.59 Å². The summed E-state index contributed by atoms with van der Waals surface area (Å²) in [6.45, 7) is 10.8. The molecule has 0 aliphatic heterocycles. The third-order valence-corrected chi connectivity index (χ3v) is 5.38. The summed E-state index contributed by atoms with van der Waals surface area (Å²) in [6.07, 6.45) is 5.94. The van der Waals surface area contributed by atoms with Crippen LogP contribution in [0.3, 0.4) is 0 Å². The summed E-state index contributed by atoms with van der Waals surface area (Å²) in [5.74, 6) is -0.473. The van der Waals surface area contributed by atoms with Crippen molar-refractivity contribution < 1.29 is 19.1 Å². The summed E-state index contributed by atoms with van der Waals surface area (Å²) in [4.78, 5) is 24.2. The molecule has 0 fully saturated rings. The fourth-order valence-electron chi connectivity index (χ4n) is 3.86. The van der Waals surface area contributed by atoms with E-state index in [1.165, 1.54) is 0 Å². The van der Waals surface area contributed by atoms with Gasteiger partial charge in [-0.05, 0) is 104 Å². The minimum absolute atomic E-state index is 0.236. The summed E-state index contributed by atoms with van der Waals surface area (Å²) in [6, 6.07) is 11.6. The molecule has 0 bridgehead atoms. The lowest BCUT2D eigenvalue weighted by atomic mass is 10.1. The van der Waals surface area contributed by atoms with Gasteiger partial charge in [-0.25, -0.2) is 9.59 Å². The average Bonchev–Trinajstić information content (AvgIpc) is 2.75. The monoisotopic (exact) mass is 453 g/mol. The molecule has 0 saturated heterocycles. The number of unbranched alkanes of at least 4 members (excludes halogenated alkanes) is 4. The van der Waals surface area contributed by atoms with Crippen molar-refractivity contribution in [3.05, 3.63) is 69.8 Å². The third kappa shape index (κ3) is 10.7. The SMILES string of the molecule is Cc1cc(C)cc(C(=O)OCCCCCNCCCCCOC(=O)c2cc(C)cc(C)c2)c1. The second-order valence-electron chi connectivity index (χ2n) is 8.90. The molecule has 5 nitrogen and oxygen atoms in total. The van der Waals surface area contributed by atoms with E-state index in [-0.39, 0.29) is 11.9 Å². The van der Waals surface area contributed by atoms with Crippen molar-refractivity contribution in [3.63, 3.8) is 0 Å². The van der Waals surface area contributed by atoms with E-state index < -0.39 is 0 Å². The van der Waals surface area contributed by atoms with E-state index in [0.717, 1.165) is 73.9 Å². The number of aryl methyl sites for hydroxylation is 4. The lowest BCUT2D eigenvalue weighted by Crippen LogP contribution is -2.17. The first-order valence-corrected chi connectivity index (χ1v) is 12.1. The van der Waals surface area contributed by atoms with Gasteiger partial charge >= 0.3 is 11.9 Å². The highest BCUT2D eigenvalue weighted by Crippen LogP contribution is 2.11. The van der Waals surface area contributed by atoms with Gasteiger partial charge in [-0.15, -0.1) is 0 Å². The Morgan fingerprint density at radius 3 is 1.30 bits per heavy atom. The van der Waals surface area contributed by atoms with E-state index in [4.69, 9.17) is 9.47 Å². The Hall–Kier alpha value is -2.66. The zero-order valence-corrected chi connectivity index (χ0v) is 20.7. The number of rotatable bonds is 14. The van der Waals surface area contributed by atoms with E-state index in [2.05, 4.69) is 5.32 Å². The van der Waals surface area contributed by atoms with Crippen molar-refractivity contribution in [1.29, 1.82) is 0 Å². The van der Waals surface area contributed by atoms with Gasteiger partial charge in [0.15, 0.2) is 0 Å². The Labute approximate surface area is 198 Å². The molecule has 0 spiro atoms. The van der Waals surface area contributed by atoms with Crippen molar-refractivity contribution >= 4 is 11.9 Å². The van der Waals surface area contributed by atoms with Gasteiger partial charge in [0.2, 0.25) is 0 Å². The van der Waals surface area contributed by atoms with Crippen molar-refractivity contribution in [3.8, 4) is 0 Å². The van der Waals surface area contributed by atoms with Gasteiger partial charge in [-0.2, -0.15) is 0 Å². The van der Waals surface area contributed by atoms with Crippen LogP contribution in [0.2, 0.25) is 0 Å². The molecule has 0 unspecified atom stereocenters. The molecule has 1 N–H and O–H groups in total. The molecule has 0 aliphatic carbocycles. The van der Waals surface area contributed by atoms with Crippen molar-refractivity contribution in [2.24, 2.45) is 0 Å². The van der Waals surface area contributed by atoms with Gasteiger partial charge in [0.05, 0.1) is 24.3 Å². The van der Waals surface area contributed by atoms with Crippen LogP contribution in [0.25, 0.3) is 0 Å². The topological polar surface area (TPSA) is 64.6 Å². The van der Waals surface area contributed by atoms with E-state index in [0.29, 0.717) is 24.3 Å². The first-order chi connectivity index (χ1) is 15.8. The smallest absolute Gasteiger partial charge is 0.338 e. The highest BCUT2D eigenvalue weighted by Gasteiger charge is 2.09. The van der Waals surface area contributed by atoms with Gasteiger partial charge in [0, 0.05) is 0 Å². The fraction of sp³-hybridized carbons (Fsp3) is 0.500. The number of carbonyl (C=O) groups excluding carboxylic acids is 2. The summed E-state index contributed by atoms with van der Waals surface area (Å²) in [5.41, 5.74) is 5.57. The predicted octanol–water partition coefficient (Wildman–Crippen LogP) is 5.86. The molecule has 0 radical (unpaired) electrons. The molecule has 2 aromatic rings. The molecule has 2 rings (SSSR count). The standard InChI is InChI=1S/C28H39NO4/c1-21-15-22(2)18-25(17-21)27(30)32-13-9-5-7-11-29-12-8-6-10-14-33-28(31)26-19-23(3)16-24(4)20-26/h15-20,29H,5-14H2,1-4H3. The minimum Gasteiger partial charge on any atom is -0.462 e. The third-order valence-electron chi connectivity index (χ3n) is 5.38. The van der Waals surface area contributed by atoms with E-state index in [1.54, 1.807) is 0 Å². The molecule has 0 aliphatic rings. The Kier molecular flexibility index (Phi) is 11.7. The van der Waals surface area contributed by atoms with Crippen molar-refractivity contribution in [2.75, 3.05) is 26.3 Å². The van der Waals surface area contributed by atoms with E-state index in [1.807, 2.05) is 64.1 Å². The van der Waals surface area contributed by atoms with Crippen LogP contribution in [0.1, 0.15) is 81.5 Å². The summed E-state index contributed by atoms with van der Waals surface area (Å²) in [7, 11) is 0. The van der Waals surface area contributed by atoms with Crippen LogP contribution in [0.5, 0.6) is 0 Å². The Morgan fingerprint density at radius 2 is 0.939 bits per heavy atom. The predicted molar refractivity (Wildman–Crippen MR) is 133 cm³/mol. The largest absolute Gasteiger partial charge is 0.462 e. The first kappa shape index (κ1) is 26.6. The van der Waals surface area contributed by atoms with Crippen LogP contribution in [0.4, 0.5) is 0 Å². The van der Waals surface area contributed by atoms with Gasteiger partial charge in [-0.1, -0.05) is 34.4 Å². The van der Waals surface area contributed by atoms with Crippen LogP contribution < -0.4 is 5.32 Å². The molecule has 33 heavy (non-hydrogen) atoms. The van der Waals surface area contributed by atoms with Gasteiger partial charge < -0.3 is 14.8 Å². The summed E-state index contributed by atoms with van der Waals surface area (Å²) >= 11 is 0. The lowest BCUT2D eigenvalue weighted by molar-refractivity contribution is 0.0489. The maximum absolute atomic E-state index is 12.1. The van der Waals surface area contributed by atoms with Crippen molar-refractivity contribution in [2.45, 2.75) is 66.2 Å². The first-order valence-electron chi connectivity index (χ1n) is 12.1. The normalized spacial score (nSPS) is 10.8. The molecule has 0 heterocycles. The number of nitrogens with one attached hydrogen (secondary N) is 1. The molecule has 0 aromatic heterocycles. The molecule has 0 atom stereocenters. The fourth-order valence-corrected chi connectivity index (χ4v) is 3.86. The Balaban J connectivity index is 1.41. The number of esters is 2. The van der Waals surface area contributed by atoms with Crippen LogP contribution in [-0.4, -0.2) is 38.2 Å². The number of carbonyl (C=O) groups is 2. The molecular formula is C28H39NO4. The molecule has 5 heteroatoms. The van der Waals surface area contributed by atoms with Crippen LogP contribution in [-0.2, 0) is 9.47 Å². The number of ether oxygens (including phenoxy) is 2. The average molecular weight is 454 g/mol. The lowest BCUT2D eigenvalue weighted by Gasteiger charge is -2.08. The van der Waals surface area contributed by atoms with Crippen molar-refractivity contribution in [1.82, 2.24) is 5.32 Å². The Morgan fingerprint density at radius 1 is 0.576 bits per heavy atom. The number of hydrogen-bond donors (Lipinski definition) is 1. The second-order valence-corrected chi connectivity index (χ2v) is 8.90. The zero-order valence-electron chi connectivity index (χ0n) is 20.7. The molecular weight excluding hydrogens is 414 g/mol. The second kappa shape index (κ2) is 14.5. The van der Waals surface area contributed by atoms with Crippen LogP contribution in [0.15, 0.2) is 36.4 Å². The quantitative estimate of drug-likeness (QED) is 0.286. The molecule has 0 saturated carbocycles.